The molecule has 0 aliphatic heterocycles. The maximum atomic E-state index is 12.4. The molecule has 0 saturated heterocycles. The fourth-order valence-electron chi connectivity index (χ4n) is 2.17. The van der Waals surface area contributed by atoms with Crippen LogP contribution >= 0.6 is 15.9 Å². The van der Waals surface area contributed by atoms with Crippen LogP contribution < -0.4 is 10.6 Å². The van der Waals surface area contributed by atoms with Crippen LogP contribution in [0.3, 0.4) is 0 Å². The molecule has 3 N–H and O–H groups in total. The number of carbonyl (C=O) groups excluding carboxylic acids is 2. The number of anilines is 1. The highest BCUT2D eigenvalue weighted by atomic mass is 79.9. The van der Waals surface area contributed by atoms with E-state index in [4.69, 9.17) is 0 Å². The summed E-state index contributed by atoms with van der Waals surface area (Å²) in [5.41, 5.74) is 1.38. The third kappa shape index (κ3) is 5.39. The number of nitrogens with zero attached hydrogens (tertiary/aromatic N) is 1. The number of amides is 2. The van der Waals surface area contributed by atoms with Crippen LogP contribution in [0.5, 0.6) is 0 Å². The summed E-state index contributed by atoms with van der Waals surface area (Å²) < 4.78 is 0.531. The van der Waals surface area contributed by atoms with Crippen molar-refractivity contribution in [3.8, 4) is 0 Å². The van der Waals surface area contributed by atoms with Gasteiger partial charge in [0.25, 0.3) is 5.91 Å². The molecule has 0 fully saturated rings. The summed E-state index contributed by atoms with van der Waals surface area (Å²) in [4.78, 5) is 39.0. The normalized spacial score (nSPS) is 11.4. The molecule has 2 rings (SSSR count). The van der Waals surface area contributed by atoms with Crippen LogP contribution in [-0.4, -0.2) is 33.9 Å². The molecular weight excluding hydrogens is 390 g/mol. The van der Waals surface area contributed by atoms with E-state index in [1.165, 1.54) is 13.0 Å². The number of carboxylic acids is 1. The monoisotopic (exact) mass is 405 g/mol. The summed E-state index contributed by atoms with van der Waals surface area (Å²) in [6.45, 7) is 1.36. The number of carbonyl (C=O) groups is 3. The van der Waals surface area contributed by atoms with Crippen molar-refractivity contribution in [2.75, 3.05) is 5.32 Å². The van der Waals surface area contributed by atoms with E-state index in [0.717, 1.165) is 0 Å². The largest absolute Gasteiger partial charge is 0.480 e. The van der Waals surface area contributed by atoms with Crippen LogP contribution in [0.2, 0.25) is 0 Å². The van der Waals surface area contributed by atoms with Gasteiger partial charge >= 0.3 is 5.97 Å². The Kier molecular flexibility index (Phi) is 6.24. The zero-order chi connectivity index (χ0) is 18.4. The average Bonchev–Trinajstić information content (AvgIpc) is 2.55. The van der Waals surface area contributed by atoms with Gasteiger partial charge in [-0.15, -0.1) is 0 Å². The minimum absolute atomic E-state index is 0.0842. The Labute approximate surface area is 152 Å². The Bertz CT molecular complexity index is 810. The van der Waals surface area contributed by atoms with Gasteiger partial charge in [-0.25, -0.2) is 9.78 Å². The van der Waals surface area contributed by atoms with Crippen molar-refractivity contribution in [3.05, 3.63) is 58.3 Å². The van der Waals surface area contributed by atoms with E-state index < -0.39 is 17.9 Å². The topological polar surface area (TPSA) is 108 Å². The van der Waals surface area contributed by atoms with Crippen LogP contribution in [0.4, 0.5) is 5.69 Å². The zero-order valence-electron chi connectivity index (χ0n) is 13.3. The standard InChI is InChI=1S/C17H16BrN3O4/c1-10(22)20-13-6-2-4-12(8-13)16(23)21-14(17(24)25)9-11-5-3-7-19-15(11)18/h2-8,14H,9H2,1H3,(H,20,22)(H,21,23)(H,24,25)/t14-/m0/s1. The Morgan fingerprint density at radius 1 is 1.24 bits per heavy atom. The van der Waals surface area contributed by atoms with Crippen LogP contribution in [0.25, 0.3) is 0 Å². The van der Waals surface area contributed by atoms with Crippen LogP contribution in [0.1, 0.15) is 22.8 Å². The molecule has 7 nitrogen and oxygen atoms in total. The van der Waals surface area contributed by atoms with Crippen molar-refractivity contribution in [3.63, 3.8) is 0 Å². The SMILES string of the molecule is CC(=O)Nc1cccc(C(=O)N[C@@H](Cc2cccnc2Br)C(=O)O)c1. The molecular formula is C17H16BrN3O4. The van der Waals surface area contributed by atoms with Crippen LogP contribution in [-0.2, 0) is 16.0 Å². The van der Waals surface area contributed by atoms with Gasteiger partial charge in [0.2, 0.25) is 5.91 Å². The molecule has 0 aliphatic rings. The lowest BCUT2D eigenvalue weighted by Gasteiger charge is -2.15. The van der Waals surface area contributed by atoms with Crippen LogP contribution in [0, 0.1) is 0 Å². The van der Waals surface area contributed by atoms with Crippen molar-refractivity contribution in [2.24, 2.45) is 0 Å². The molecule has 0 unspecified atom stereocenters. The highest BCUT2D eigenvalue weighted by Crippen LogP contribution is 2.15. The van der Waals surface area contributed by atoms with Crippen molar-refractivity contribution in [2.45, 2.75) is 19.4 Å². The lowest BCUT2D eigenvalue weighted by atomic mass is 10.1. The molecule has 1 aromatic heterocycles. The number of benzene rings is 1. The highest BCUT2D eigenvalue weighted by molar-refractivity contribution is 9.10. The first-order chi connectivity index (χ1) is 11.9. The van der Waals surface area contributed by atoms with E-state index in [1.807, 2.05) is 0 Å². The number of pyridine rings is 1. The third-order valence-corrected chi connectivity index (χ3v) is 4.02. The first-order valence-corrected chi connectivity index (χ1v) is 8.17. The molecule has 2 amide bonds. The number of hydrogen-bond donors (Lipinski definition) is 3. The molecule has 2 aromatic rings. The Morgan fingerprint density at radius 3 is 2.64 bits per heavy atom. The number of aliphatic carboxylic acids is 1. The number of hydrogen-bond acceptors (Lipinski definition) is 4. The van der Waals surface area contributed by atoms with Gasteiger partial charge in [0.05, 0.1) is 0 Å². The Hall–Kier alpha value is -2.74. The van der Waals surface area contributed by atoms with E-state index in [2.05, 4.69) is 31.5 Å². The lowest BCUT2D eigenvalue weighted by Crippen LogP contribution is -2.42. The average molecular weight is 406 g/mol. The second-order valence-electron chi connectivity index (χ2n) is 5.28. The quantitative estimate of drug-likeness (QED) is 0.638. The van der Waals surface area contributed by atoms with Gasteiger partial charge in [0.15, 0.2) is 0 Å². The van der Waals surface area contributed by atoms with Gasteiger partial charge in [0, 0.05) is 30.8 Å². The van der Waals surface area contributed by atoms with Crippen molar-refractivity contribution in [1.82, 2.24) is 10.3 Å². The third-order valence-electron chi connectivity index (χ3n) is 3.31. The summed E-state index contributed by atoms with van der Waals surface area (Å²) in [6.07, 6.45) is 1.66. The number of nitrogens with one attached hydrogen (secondary N) is 2. The fraction of sp³-hybridized carbons (Fsp3) is 0.176. The van der Waals surface area contributed by atoms with Gasteiger partial charge in [-0.2, -0.15) is 0 Å². The molecule has 0 aliphatic carbocycles. The van der Waals surface area contributed by atoms with Crippen molar-refractivity contribution in [1.29, 1.82) is 0 Å². The van der Waals surface area contributed by atoms with Crippen molar-refractivity contribution < 1.29 is 19.5 Å². The van der Waals surface area contributed by atoms with Gasteiger partial charge in [-0.3, -0.25) is 9.59 Å². The summed E-state index contributed by atoms with van der Waals surface area (Å²) in [5, 5.41) is 14.5. The molecule has 0 saturated carbocycles. The number of rotatable bonds is 6. The first-order valence-electron chi connectivity index (χ1n) is 7.37. The predicted octanol–water partition coefficient (Wildman–Crippen LogP) is 2.23. The highest BCUT2D eigenvalue weighted by Gasteiger charge is 2.22. The summed E-state index contributed by atoms with van der Waals surface area (Å²) in [6, 6.07) is 8.58. The Balaban J connectivity index is 2.14. The predicted molar refractivity (Wildman–Crippen MR) is 95.3 cm³/mol. The van der Waals surface area contributed by atoms with Gasteiger partial charge < -0.3 is 15.7 Å². The minimum Gasteiger partial charge on any atom is -0.480 e. The fourth-order valence-corrected chi connectivity index (χ4v) is 2.59. The Morgan fingerprint density at radius 2 is 2.00 bits per heavy atom. The molecule has 25 heavy (non-hydrogen) atoms. The molecule has 0 bridgehead atoms. The summed E-state index contributed by atoms with van der Waals surface area (Å²) >= 11 is 3.26. The van der Waals surface area contributed by atoms with E-state index in [-0.39, 0.29) is 17.9 Å². The first kappa shape index (κ1) is 18.6. The van der Waals surface area contributed by atoms with E-state index in [1.54, 1.807) is 36.5 Å². The number of carboxylic acid groups (broad SMARTS) is 1. The zero-order valence-corrected chi connectivity index (χ0v) is 14.9. The molecule has 1 heterocycles. The molecule has 1 aromatic carbocycles. The maximum absolute atomic E-state index is 12.4. The molecule has 8 heteroatoms. The maximum Gasteiger partial charge on any atom is 0.326 e. The number of halogens is 1. The second-order valence-corrected chi connectivity index (χ2v) is 6.03. The van der Waals surface area contributed by atoms with Gasteiger partial charge in [-0.05, 0) is 45.8 Å². The van der Waals surface area contributed by atoms with Gasteiger partial charge in [-0.1, -0.05) is 12.1 Å². The second kappa shape index (κ2) is 8.39. The molecule has 0 spiro atoms. The molecule has 130 valence electrons. The van der Waals surface area contributed by atoms with E-state index in [0.29, 0.717) is 15.9 Å². The van der Waals surface area contributed by atoms with Crippen LogP contribution in [0.15, 0.2) is 47.2 Å². The van der Waals surface area contributed by atoms with E-state index >= 15 is 0 Å². The molecule has 0 radical (unpaired) electrons. The van der Waals surface area contributed by atoms with Gasteiger partial charge in [0.1, 0.15) is 10.6 Å². The number of aromatic nitrogens is 1. The minimum atomic E-state index is -1.15. The summed E-state index contributed by atoms with van der Waals surface area (Å²) in [5.74, 6) is -1.95. The van der Waals surface area contributed by atoms with Crippen molar-refractivity contribution >= 4 is 39.4 Å². The summed E-state index contributed by atoms with van der Waals surface area (Å²) in [7, 11) is 0. The molecule has 1 atom stereocenters. The van der Waals surface area contributed by atoms with E-state index in [9.17, 15) is 19.5 Å². The smallest absolute Gasteiger partial charge is 0.326 e. The lowest BCUT2D eigenvalue weighted by molar-refractivity contribution is -0.139.